The van der Waals surface area contributed by atoms with Crippen LogP contribution in [0.2, 0.25) is 0 Å². The number of aryl methyl sites for hydroxylation is 2. The lowest BCUT2D eigenvalue weighted by Gasteiger charge is -2.10. The van der Waals surface area contributed by atoms with Crippen LogP contribution < -0.4 is 14.8 Å². The number of carbonyl (C=O) groups is 2. The van der Waals surface area contributed by atoms with Gasteiger partial charge in [0.15, 0.2) is 17.3 Å². The van der Waals surface area contributed by atoms with Gasteiger partial charge in [-0.2, -0.15) is 0 Å². The molecule has 0 aliphatic heterocycles. The minimum absolute atomic E-state index is 0.0367. The highest BCUT2D eigenvalue weighted by Gasteiger charge is 2.12. The summed E-state index contributed by atoms with van der Waals surface area (Å²) in [6.07, 6.45) is 0.740. The molecule has 0 radical (unpaired) electrons. The molecule has 134 valence electrons. The van der Waals surface area contributed by atoms with E-state index >= 15 is 0 Å². The molecule has 1 aromatic heterocycles. The summed E-state index contributed by atoms with van der Waals surface area (Å²) >= 11 is 0. The average Bonchev–Trinajstić information content (AvgIpc) is 2.98. The number of rotatable bonds is 8. The van der Waals surface area contributed by atoms with Crippen molar-refractivity contribution in [2.45, 2.75) is 33.2 Å². The number of ketones is 1. The number of hydrogen-bond acceptors (Lipinski definition) is 5. The molecule has 0 aliphatic carbocycles. The first kappa shape index (κ1) is 18.6. The van der Waals surface area contributed by atoms with Gasteiger partial charge in [-0.3, -0.25) is 9.59 Å². The van der Waals surface area contributed by atoms with Crippen molar-refractivity contribution in [2.75, 3.05) is 14.2 Å². The molecule has 1 N–H and O–H groups in total. The Hall–Kier alpha value is -2.76. The third-order valence-electron chi connectivity index (χ3n) is 3.88. The molecule has 6 nitrogen and oxygen atoms in total. The van der Waals surface area contributed by atoms with Crippen LogP contribution in [0.15, 0.2) is 28.7 Å². The van der Waals surface area contributed by atoms with Crippen molar-refractivity contribution < 1.29 is 23.5 Å². The van der Waals surface area contributed by atoms with Crippen LogP contribution in [0.25, 0.3) is 0 Å². The molecule has 1 amide bonds. The lowest BCUT2D eigenvalue weighted by molar-refractivity contribution is -0.121. The fraction of sp³-hybridized carbons (Fsp3) is 0.368. The Morgan fingerprint density at radius 1 is 1.12 bits per heavy atom. The molecule has 0 bridgehead atoms. The summed E-state index contributed by atoms with van der Waals surface area (Å²) < 4.78 is 15.9. The molecule has 0 spiro atoms. The molecular formula is C19H23NO5. The molecule has 1 heterocycles. The van der Waals surface area contributed by atoms with E-state index in [2.05, 4.69) is 5.32 Å². The third kappa shape index (κ3) is 4.86. The van der Waals surface area contributed by atoms with E-state index in [-0.39, 0.29) is 18.1 Å². The van der Waals surface area contributed by atoms with Crippen molar-refractivity contribution in [3.8, 4) is 11.5 Å². The van der Waals surface area contributed by atoms with Crippen LogP contribution >= 0.6 is 0 Å². The van der Waals surface area contributed by atoms with Gasteiger partial charge in [0.2, 0.25) is 5.91 Å². The van der Waals surface area contributed by atoms with Crippen LogP contribution in [0.1, 0.15) is 40.8 Å². The van der Waals surface area contributed by atoms with Crippen molar-refractivity contribution in [3.63, 3.8) is 0 Å². The van der Waals surface area contributed by atoms with Gasteiger partial charge in [0.1, 0.15) is 11.5 Å². The molecule has 0 saturated carbocycles. The Morgan fingerprint density at radius 2 is 1.84 bits per heavy atom. The van der Waals surface area contributed by atoms with Crippen molar-refractivity contribution in [1.82, 2.24) is 5.32 Å². The molecule has 0 aliphatic rings. The Bertz CT molecular complexity index is 763. The van der Waals surface area contributed by atoms with E-state index in [1.165, 1.54) is 6.92 Å². The summed E-state index contributed by atoms with van der Waals surface area (Å²) in [5.41, 5.74) is 1.49. The first-order valence-corrected chi connectivity index (χ1v) is 8.02. The van der Waals surface area contributed by atoms with Gasteiger partial charge in [0.25, 0.3) is 0 Å². The number of carbonyl (C=O) groups excluding carboxylic acids is 2. The molecule has 0 fully saturated rings. The molecule has 0 saturated heterocycles. The first-order valence-electron chi connectivity index (χ1n) is 8.02. The minimum Gasteiger partial charge on any atom is -0.493 e. The van der Waals surface area contributed by atoms with Crippen molar-refractivity contribution in [1.29, 1.82) is 0 Å². The second-order valence-electron chi connectivity index (χ2n) is 5.70. The lowest BCUT2D eigenvalue weighted by atomic mass is 10.1. The fourth-order valence-corrected chi connectivity index (χ4v) is 2.53. The van der Waals surface area contributed by atoms with Crippen molar-refractivity contribution in [3.05, 3.63) is 46.9 Å². The Kier molecular flexibility index (Phi) is 6.22. The number of amides is 1. The SMILES string of the molecule is COc1ccc(CNC(=O)CCc2cc(C(C)=O)c(C)o2)cc1OC. The van der Waals surface area contributed by atoms with Gasteiger partial charge in [-0.1, -0.05) is 6.07 Å². The van der Waals surface area contributed by atoms with E-state index < -0.39 is 0 Å². The quantitative estimate of drug-likeness (QED) is 0.744. The highest BCUT2D eigenvalue weighted by Crippen LogP contribution is 2.27. The Balaban J connectivity index is 1.87. The molecule has 2 aromatic rings. The van der Waals surface area contributed by atoms with Gasteiger partial charge in [-0.05, 0) is 37.6 Å². The highest BCUT2D eigenvalue weighted by molar-refractivity contribution is 5.95. The average molecular weight is 345 g/mol. The molecule has 25 heavy (non-hydrogen) atoms. The molecule has 6 heteroatoms. The zero-order valence-electron chi connectivity index (χ0n) is 15.0. The van der Waals surface area contributed by atoms with E-state index in [0.29, 0.717) is 41.5 Å². The van der Waals surface area contributed by atoms with E-state index in [1.54, 1.807) is 33.3 Å². The molecule has 2 rings (SSSR count). The van der Waals surface area contributed by atoms with E-state index in [4.69, 9.17) is 13.9 Å². The summed E-state index contributed by atoms with van der Waals surface area (Å²) in [6.45, 7) is 3.64. The van der Waals surface area contributed by atoms with Crippen LogP contribution in [-0.4, -0.2) is 25.9 Å². The zero-order chi connectivity index (χ0) is 18.4. The third-order valence-corrected chi connectivity index (χ3v) is 3.88. The summed E-state index contributed by atoms with van der Waals surface area (Å²) in [5, 5.41) is 2.86. The van der Waals surface area contributed by atoms with Gasteiger partial charge in [-0.25, -0.2) is 0 Å². The standard InChI is InChI=1S/C19H23NO5/c1-12(21)16-10-15(25-13(16)2)6-8-19(22)20-11-14-5-7-17(23-3)18(9-14)24-4/h5,7,9-10H,6,8,11H2,1-4H3,(H,20,22). The fourth-order valence-electron chi connectivity index (χ4n) is 2.53. The van der Waals surface area contributed by atoms with Gasteiger partial charge in [0.05, 0.1) is 19.8 Å². The molecular weight excluding hydrogens is 322 g/mol. The topological polar surface area (TPSA) is 77.8 Å². The van der Waals surface area contributed by atoms with Crippen LogP contribution in [0.5, 0.6) is 11.5 Å². The molecule has 0 unspecified atom stereocenters. The van der Waals surface area contributed by atoms with Crippen LogP contribution in [-0.2, 0) is 17.8 Å². The second kappa shape index (κ2) is 8.37. The minimum atomic E-state index is -0.0896. The molecule has 0 atom stereocenters. The van der Waals surface area contributed by atoms with Crippen molar-refractivity contribution >= 4 is 11.7 Å². The van der Waals surface area contributed by atoms with E-state index in [0.717, 1.165) is 5.56 Å². The number of methoxy groups -OCH3 is 2. The number of ether oxygens (including phenoxy) is 2. The van der Waals surface area contributed by atoms with Crippen LogP contribution in [0, 0.1) is 6.92 Å². The number of benzene rings is 1. The van der Waals surface area contributed by atoms with Crippen molar-refractivity contribution in [2.24, 2.45) is 0 Å². The first-order chi connectivity index (χ1) is 11.9. The van der Waals surface area contributed by atoms with Crippen LogP contribution in [0.4, 0.5) is 0 Å². The highest BCUT2D eigenvalue weighted by atomic mass is 16.5. The zero-order valence-corrected chi connectivity index (χ0v) is 15.0. The number of hydrogen-bond donors (Lipinski definition) is 1. The van der Waals surface area contributed by atoms with Gasteiger partial charge >= 0.3 is 0 Å². The molecule has 1 aromatic carbocycles. The maximum Gasteiger partial charge on any atom is 0.220 e. The Morgan fingerprint density at radius 3 is 2.44 bits per heavy atom. The summed E-state index contributed by atoms with van der Waals surface area (Å²) in [4.78, 5) is 23.4. The predicted molar refractivity (Wildman–Crippen MR) is 93.2 cm³/mol. The number of Topliss-reactive ketones (excluding diaryl/α,β-unsaturated/α-hetero) is 1. The normalized spacial score (nSPS) is 10.4. The van der Waals surface area contributed by atoms with Crippen LogP contribution in [0.3, 0.4) is 0 Å². The number of furan rings is 1. The lowest BCUT2D eigenvalue weighted by Crippen LogP contribution is -2.22. The predicted octanol–water partition coefficient (Wildman–Crippen LogP) is 3.06. The largest absolute Gasteiger partial charge is 0.493 e. The smallest absolute Gasteiger partial charge is 0.220 e. The summed E-state index contributed by atoms with van der Waals surface area (Å²) in [7, 11) is 3.15. The maximum atomic E-state index is 12.0. The summed E-state index contributed by atoms with van der Waals surface area (Å²) in [5.74, 6) is 2.37. The van der Waals surface area contributed by atoms with E-state index in [1.807, 2.05) is 12.1 Å². The van der Waals surface area contributed by atoms with Gasteiger partial charge in [-0.15, -0.1) is 0 Å². The second-order valence-corrected chi connectivity index (χ2v) is 5.70. The monoisotopic (exact) mass is 345 g/mol. The van der Waals surface area contributed by atoms with E-state index in [9.17, 15) is 9.59 Å². The summed E-state index contributed by atoms with van der Waals surface area (Å²) in [6, 6.07) is 7.21. The van der Waals surface area contributed by atoms with Gasteiger partial charge < -0.3 is 19.2 Å². The maximum absolute atomic E-state index is 12.0. The Labute approximate surface area is 147 Å². The van der Waals surface area contributed by atoms with Gasteiger partial charge in [0, 0.05) is 19.4 Å². The number of nitrogens with one attached hydrogen (secondary N) is 1.